The fourth-order valence-electron chi connectivity index (χ4n) is 5.43. The average Bonchev–Trinajstić information content (AvgIpc) is 3.60. The minimum Gasteiger partial charge on any atom is -0.331 e. The van der Waals surface area contributed by atoms with Gasteiger partial charge in [0.25, 0.3) is 5.91 Å². The van der Waals surface area contributed by atoms with E-state index in [1.165, 1.54) is 28.0 Å². The quantitative estimate of drug-likeness (QED) is 0.663. The Kier molecular flexibility index (Phi) is 4.98. The molecule has 180 valence electrons. The Balaban J connectivity index is 1.14. The number of nitrogens with zero attached hydrogens (tertiary/aromatic N) is 3. The van der Waals surface area contributed by atoms with Crippen molar-refractivity contribution in [2.45, 2.75) is 36.9 Å². The number of amides is 6. The average molecular weight is 477 g/mol. The molecule has 9 nitrogen and oxygen atoms in total. The van der Waals surface area contributed by atoms with Crippen LogP contribution in [-0.2, 0) is 9.59 Å². The molecule has 10 heteroatoms. The van der Waals surface area contributed by atoms with Crippen LogP contribution in [0.3, 0.4) is 0 Å². The number of fused-ring (bicyclic) bond motifs is 2. The van der Waals surface area contributed by atoms with Crippen LogP contribution in [0.5, 0.6) is 0 Å². The number of carbonyl (C=O) groups is 4. The van der Waals surface area contributed by atoms with Gasteiger partial charge in [-0.1, -0.05) is 30.3 Å². The highest BCUT2D eigenvalue weighted by Gasteiger charge is 2.56. The van der Waals surface area contributed by atoms with E-state index in [2.05, 4.69) is 10.6 Å². The number of urea groups is 2. The number of carbonyl (C=O) groups excluding carboxylic acids is 4. The van der Waals surface area contributed by atoms with Gasteiger partial charge in [-0.25, -0.2) is 14.0 Å². The molecule has 0 spiro atoms. The molecule has 6 rings (SSSR count). The number of anilines is 1. The molecular weight excluding hydrogens is 453 g/mol. The first-order chi connectivity index (χ1) is 16.9. The summed E-state index contributed by atoms with van der Waals surface area (Å²) in [5.74, 6) is -0.871. The molecule has 6 amide bonds. The number of halogens is 1. The second kappa shape index (κ2) is 8.07. The minimum absolute atomic E-state index is 0.0145. The van der Waals surface area contributed by atoms with Crippen molar-refractivity contribution in [2.24, 2.45) is 0 Å². The maximum Gasteiger partial charge on any atom is 0.327 e. The van der Waals surface area contributed by atoms with Crippen LogP contribution in [0.1, 0.15) is 35.9 Å². The zero-order chi connectivity index (χ0) is 24.3. The molecule has 2 aromatic rings. The summed E-state index contributed by atoms with van der Waals surface area (Å²) in [5, 5.41) is 5.50. The SMILES string of the molecule is O=C1CC(NC(=O)N2CCN3C(=O)N([C@H]4C[C@@H]4c4ccccc4)C(=O)[C@@H]3C2)c2cc(F)ccc2N1. The van der Waals surface area contributed by atoms with Crippen LogP contribution >= 0.6 is 0 Å². The third kappa shape index (κ3) is 3.69. The highest BCUT2D eigenvalue weighted by molar-refractivity contribution is 6.05. The van der Waals surface area contributed by atoms with Crippen molar-refractivity contribution >= 4 is 29.6 Å². The van der Waals surface area contributed by atoms with E-state index in [1.54, 1.807) is 4.90 Å². The highest BCUT2D eigenvalue weighted by atomic mass is 19.1. The van der Waals surface area contributed by atoms with Crippen LogP contribution in [0.25, 0.3) is 0 Å². The second-order valence-electron chi connectivity index (χ2n) is 9.45. The second-order valence-corrected chi connectivity index (χ2v) is 9.45. The normalized spacial score (nSPS) is 27.3. The van der Waals surface area contributed by atoms with E-state index in [1.807, 2.05) is 30.3 Å². The molecule has 2 N–H and O–H groups in total. The maximum atomic E-state index is 13.8. The lowest BCUT2D eigenvalue weighted by Crippen LogP contribution is -2.57. The molecule has 4 aliphatic rings. The molecule has 4 atom stereocenters. The molecule has 0 aromatic heterocycles. The minimum atomic E-state index is -0.724. The Bertz CT molecular complexity index is 1240. The van der Waals surface area contributed by atoms with Gasteiger partial charge in [0.15, 0.2) is 0 Å². The van der Waals surface area contributed by atoms with Gasteiger partial charge < -0.3 is 20.4 Å². The first-order valence-electron chi connectivity index (χ1n) is 11.7. The molecule has 3 aliphatic heterocycles. The van der Waals surface area contributed by atoms with Gasteiger partial charge in [-0.2, -0.15) is 0 Å². The molecular formula is C25H24FN5O4. The lowest BCUT2D eigenvalue weighted by molar-refractivity contribution is -0.129. The van der Waals surface area contributed by atoms with E-state index in [0.29, 0.717) is 11.3 Å². The zero-order valence-corrected chi connectivity index (χ0v) is 18.8. The summed E-state index contributed by atoms with van der Waals surface area (Å²) in [5.41, 5.74) is 2.06. The summed E-state index contributed by atoms with van der Waals surface area (Å²) in [6, 6.07) is 11.5. The number of rotatable bonds is 3. The predicted octanol–water partition coefficient (Wildman–Crippen LogP) is 2.42. The number of piperazine rings is 1. The number of hydrogen-bond donors (Lipinski definition) is 2. The fraction of sp³-hybridized carbons (Fsp3) is 0.360. The van der Waals surface area contributed by atoms with E-state index in [4.69, 9.17) is 0 Å². The lowest BCUT2D eigenvalue weighted by Gasteiger charge is -2.36. The summed E-state index contributed by atoms with van der Waals surface area (Å²) >= 11 is 0. The van der Waals surface area contributed by atoms with Crippen molar-refractivity contribution < 1.29 is 23.6 Å². The molecule has 0 bridgehead atoms. The van der Waals surface area contributed by atoms with E-state index in [-0.39, 0.29) is 55.9 Å². The molecule has 2 saturated heterocycles. The van der Waals surface area contributed by atoms with Crippen LogP contribution in [0.2, 0.25) is 0 Å². The van der Waals surface area contributed by atoms with Crippen LogP contribution in [0, 0.1) is 5.82 Å². The summed E-state index contributed by atoms with van der Waals surface area (Å²) in [6.45, 7) is 0.583. The molecule has 1 aliphatic carbocycles. The van der Waals surface area contributed by atoms with E-state index in [9.17, 15) is 23.6 Å². The van der Waals surface area contributed by atoms with Crippen molar-refractivity contribution in [2.75, 3.05) is 25.0 Å². The zero-order valence-electron chi connectivity index (χ0n) is 18.8. The molecule has 2 aromatic carbocycles. The van der Waals surface area contributed by atoms with Crippen molar-refractivity contribution in [3.05, 3.63) is 65.5 Å². The van der Waals surface area contributed by atoms with Gasteiger partial charge >= 0.3 is 12.1 Å². The summed E-state index contributed by atoms with van der Waals surface area (Å²) in [4.78, 5) is 55.8. The van der Waals surface area contributed by atoms with Gasteiger partial charge in [0.05, 0.1) is 19.0 Å². The first kappa shape index (κ1) is 21.6. The molecule has 3 heterocycles. The predicted molar refractivity (Wildman–Crippen MR) is 123 cm³/mol. The maximum absolute atomic E-state index is 13.8. The van der Waals surface area contributed by atoms with E-state index >= 15 is 0 Å². The van der Waals surface area contributed by atoms with Gasteiger partial charge in [0.2, 0.25) is 5.91 Å². The molecule has 35 heavy (non-hydrogen) atoms. The van der Waals surface area contributed by atoms with Crippen molar-refractivity contribution in [1.29, 1.82) is 0 Å². The van der Waals surface area contributed by atoms with Crippen LogP contribution < -0.4 is 10.6 Å². The van der Waals surface area contributed by atoms with Gasteiger partial charge in [0, 0.05) is 36.3 Å². The van der Waals surface area contributed by atoms with Crippen LogP contribution in [0.15, 0.2) is 48.5 Å². The third-order valence-corrected chi connectivity index (χ3v) is 7.31. The summed E-state index contributed by atoms with van der Waals surface area (Å²) in [6.07, 6.45) is 0.727. The van der Waals surface area contributed by atoms with Gasteiger partial charge in [-0.05, 0) is 30.2 Å². The number of benzene rings is 2. The Morgan fingerprint density at radius 2 is 1.86 bits per heavy atom. The Morgan fingerprint density at radius 1 is 1.06 bits per heavy atom. The van der Waals surface area contributed by atoms with Gasteiger partial charge in [-0.3, -0.25) is 14.5 Å². The first-order valence-corrected chi connectivity index (χ1v) is 11.7. The Hall–Kier alpha value is -3.95. The molecule has 0 radical (unpaired) electrons. The molecule has 1 unspecified atom stereocenters. The smallest absolute Gasteiger partial charge is 0.327 e. The van der Waals surface area contributed by atoms with Crippen molar-refractivity contribution in [1.82, 2.24) is 20.0 Å². The molecule has 3 fully saturated rings. The number of imide groups is 1. The number of hydrogen-bond acceptors (Lipinski definition) is 4. The standard InChI is InChI=1S/C25H24FN5O4/c26-15-6-7-18-17(10-15)19(12-22(32)27-18)28-24(34)29-8-9-30-21(13-29)23(33)31(25(30)35)20-11-16(20)14-4-2-1-3-5-14/h1-7,10,16,19-21H,8-9,11-13H2,(H,27,32)(H,28,34)/t16-,19?,20+,21+/m1/s1. The third-order valence-electron chi connectivity index (χ3n) is 7.31. The number of nitrogens with one attached hydrogen (secondary N) is 2. The van der Waals surface area contributed by atoms with E-state index in [0.717, 1.165) is 12.0 Å². The lowest BCUT2D eigenvalue weighted by atomic mass is 9.97. The van der Waals surface area contributed by atoms with Crippen LogP contribution in [-0.4, -0.2) is 70.3 Å². The van der Waals surface area contributed by atoms with Gasteiger partial charge in [0.1, 0.15) is 11.9 Å². The Morgan fingerprint density at radius 3 is 2.66 bits per heavy atom. The van der Waals surface area contributed by atoms with Crippen molar-refractivity contribution in [3.8, 4) is 0 Å². The van der Waals surface area contributed by atoms with Crippen LogP contribution in [0.4, 0.5) is 19.7 Å². The van der Waals surface area contributed by atoms with Crippen molar-refractivity contribution in [3.63, 3.8) is 0 Å². The molecule has 1 saturated carbocycles. The fourth-order valence-corrected chi connectivity index (χ4v) is 5.43. The van der Waals surface area contributed by atoms with Gasteiger partial charge in [-0.15, -0.1) is 0 Å². The Labute approximate surface area is 200 Å². The highest BCUT2D eigenvalue weighted by Crippen LogP contribution is 2.47. The summed E-state index contributed by atoms with van der Waals surface area (Å²) in [7, 11) is 0. The summed E-state index contributed by atoms with van der Waals surface area (Å²) < 4.78 is 13.8. The monoisotopic (exact) mass is 477 g/mol. The largest absolute Gasteiger partial charge is 0.331 e. The van der Waals surface area contributed by atoms with E-state index < -0.39 is 23.9 Å². The topological polar surface area (TPSA) is 102 Å².